The summed E-state index contributed by atoms with van der Waals surface area (Å²) in [6, 6.07) is 8.19. The van der Waals surface area contributed by atoms with Crippen LogP contribution in [0.15, 0.2) is 24.3 Å². The molecule has 2 aliphatic rings. The lowest BCUT2D eigenvalue weighted by molar-refractivity contribution is 0.0188. The van der Waals surface area contributed by atoms with Crippen molar-refractivity contribution in [3.8, 4) is 0 Å². The van der Waals surface area contributed by atoms with E-state index >= 15 is 0 Å². The molecule has 3 rings (SSSR count). The second kappa shape index (κ2) is 6.67. The van der Waals surface area contributed by atoms with Gasteiger partial charge in [0.25, 0.3) is 0 Å². The van der Waals surface area contributed by atoms with Crippen LogP contribution in [0.4, 0.5) is 10.5 Å². The highest BCUT2D eigenvalue weighted by atomic mass is 16.6. The molecule has 120 valence electrons. The molecule has 0 spiro atoms. The molecule has 2 fully saturated rings. The summed E-state index contributed by atoms with van der Waals surface area (Å²) in [6.07, 6.45) is -0.300. The number of carbonyl (C=O) groups is 1. The van der Waals surface area contributed by atoms with E-state index in [9.17, 15) is 4.79 Å². The van der Waals surface area contributed by atoms with Crippen molar-refractivity contribution in [3.05, 3.63) is 29.8 Å². The Labute approximate surface area is 131 Å². The number of carbonyl (C=O) groups excluding carboxylic acids is 1. The SMILES string of the molecule is CC(C)c1ccc(N2CC(CN3CCOCC3)OC2=O)cc1. The second-order valence-electron chi connectivity index (χ2n) is 6.28. The van der Waals surface area contributed by atoms with Crippen LogP contribution in [0, 0.1) is 0 Å². The lowest BCUT2D eigenvalue weighted by atomic mass is 10.0. The number of morpholine rings is 1. The van der Waals surface area contributed by atoms with Crippen molar-refractivity contribution in [1.82, 2.24) is 4.90 Å². The van der Waals surface area contributed by atoms with Gasteiger partial charge >= 0.3 is 6.09 Å². The zero-order chi connectivity index (χ0) is 15.5. The molecule has 1 aromatic rings. The monoisotopic (exact) mass is 304 g/mol. The summed E-state index contributed by atoms with van der Waals surface area (Å²) in [7, 11) is 0. The van der Waals surface area contributed by atoms with Crippen LogP contribution in [-0.4, -0.2) is 56.5 Å². The minimum Gasteiger partial charge on any atom is -0.443 e. The van der Waals surface area contributed by atoms with Gasteiger partial charge < -0.3 is 9.47 Å². The van der Waals surface area contributed by atoms with Crippen LogP contribution in [0.3, 0.4) is 0 Å². The summed E-state index contributed by atoms with van der Waals surface area (Å²) in [5, 5.41) is 0. The van der Waals surface area contributed by atoms with Crippen molar-refractivity contribution in [2.24, 2.45) is 0 Å². The topological polar surface area (TPSA) is 42.0 Å². The van der Waals surface area contributed by atoms with E-state index in [-0.39, 0.29) is 12.2 Å². The molecular weight excluding hydrogens is 280 g/mol. The molecule has 1 atom stereocenters. The summed E-state index contributed by atoms with van der Waals surface area (Å²) in [5.74, 6) is 0.494. The van der Waals surface area contributed by atoms with Gasteiger partial charge in [-0.2, -0.15) is 0 Å². The van der Waals surface area contributed by atoms with Crippen LogP contribution >= 0.6 is 0 Å². The molecule has 1 aromatic carbocycles. The van der Waals surface area contributed by atoms with Gasteiger partial charge in [-0.1, -0.05) is 26.0 Å². The molecule has 0 N–H and O–H groups in total. The van der Waals surface area contributed by atoms with E-state index in [0.29, 0.717) is 12.5 Å². The van der Waals surface area contributed by atoms with Crippen molar-refractivity contribution >= 4 is 11.8 Å². The van der Waals surface area contributed by atoms with Gasteiger partial charge in [0.1, 0.15) is 6.10 Å². The number of rotatable bonds is 4. The molecule has 2 heterocycles. The molecule has 22 heavy (non-hydrogen) atoms. The molecule has 0 aliphatic carbocycles. The van der Waals surface area contributed by atoms with Crippen molar-refractivity contribution in [1.29, 1.82) is 0 Å². The molecule has 1 unspecified atom stereocenters. The van der Waals surface area contributed by atoms with Gasteiger partial charge in [-0.05, 0) is 23.6 Å². The summed E-state index contributed by atoms with van der Waals surface area (Å²) in [5.41, 5.74) is 2.19. The molecule has 0 radical (unpaired) electrons. The highest BCUT2D eigenvalue weighted by Gasteiger charge is 2.33. The third-order valence-corrected chi connectivity index (χ3v) is 4.31. The first kappa shape index (κ1) is 15.3. The summed E-state index contributed by atoms with van der Waals surface area (Å²) >= 11 is 0. The van der Waals surface area contributed by atoms with Crippen LogP contribution in [0.25, 0.3) is 0 Å². The smallest absolute Gasteiger partial charge is 0.414 e. The Kier molecular flexibility index (Phi) is 4.64. The van der Waals surface area contributed by atoms with E-state index in [2.05, 4.69) is 30.9 Å². The van der Waals surface area contributed by atoms with Gasteiger partial charge in [0.2, 0.25) is 0 Å². The summed E-state index contributed by atoms with van der Waals surface area (Å²) < 4.78 is 10.9. The first-order valence-electron chi connectivity index (χ1n) is 8.01. The average Bonchev–Trinajstić information content (AvgIpc) is 2.89. The van der Waals surface area contributed by atoms with E-state index in [1.807, 2.05) is 12.1 Å². The van der Waals surface area contributed by atoms with Gasteiger partial charge in [0, 0.05) is 25.3 Å². The zero-order valence-corrected chi connectivity index (χ0v) is 13.3. The number of hydrogen-bond donors (Lipinski definition) is 0. The third kappa shape index (κ3) is 3.42. The van der Waals surface area contributed by atoms with E-state index < -0.39 is 0 Å². The van der Waals surface area contributed by atoms with E-state index in [1.54, 1.807) is 4.90 Å². The van der Waals surface area contributed by atoms with Crippen molar-refractivity contribution < 1.29 is 14.3 Å². The maximum atomic E-state index is 12.1. The molecule has 5 nitrogen and oxygen atoms in total. The Hall–Kier alpha value is -1.59. The maximum Gasteiger partial charge on any atom is 0.414 e. The summed E-state index contributed by atoms with van der Waals surface area (Å²) in [4.78, 5) is 16.1. The molecule has 0 bridgehead atoms. The quantitative estimate of drug-likeness (QED) is 0.857. The normalized spacial score (nSPS) is 23.1. The highest BCUT2D eigenvalue weighted by Crippen LogP contribution is 2.24. The number of cyclic esters (lactones) is 1. The predicted octanol–water partition coefficient (Wildman–Crippen LogP) is 2.47. The minimum atomic E-state index is -0.240. The maximum absolute atomic E-state index is 12.1. The molecule has 1 amide bonds. The van der Waals surface area contributed by atoms with Gasteiger partial charge in [-0.25, -0.2) is 4.79 Å². The zero-order valence-electron chi connectivity index (χ0n) is 13.3. The van der Waals surface area contributed by atoms with Gasteiger partial charge in [-0.15, -0.1) is 0 Å². The Balaban J connectivity index is 1.61. The van der Waals surface area contributed by atoms with Crippen LogP contribution < -0.4 is 4.90 Å². The van der Waals surface area contributed by atoms with Crippen molar-refractivity contribution in [2.45, 2.75) is 25.9 Å². The van der Waals surface area contributed by atoms with E-state index in [1.165, 1.54) is 5.56 Å². The minimum absolute atomic E-state index is 0.0598. The molecule has 2 aliphatic heterocycles. The van der Waals surface area contributed by atoms with E-state index in [4.69, 9.17) is 9.47 Å². The number of benzene rings is 1. The molecule has 0 saturated carbocycles. The molecule has 2 saturated heterocycles. The lowest BCUT2D eigenvalue weighted by Gasteiger charge is -2.28. The van der Waals surface area contributed by atoms with Crippen molar-refractivity contribution in [2.75, 3.05) is 44.3 Å². The van der Waals surface area contributed by atoms with Crippen molar-refractivity contribution in [3.63, 3.8) is 0 Å². The molecule has 0 aromatic heterocycles. The Morgan fingerprint density at radius 2 is 1.86 bits per heavy atom. The predicted molar refractivity (Wildman–Crippen MR) is 85.4 cm³/mol. The first-order valence-corrected chi connectivity index (χ1v) is 8.01. The van der Waals surface area contributed by atoms with Gasteiger partial charge in [0.05, 0.1) is 19.8 Å². The number of ether oxygens (including phenoxy) is 2. The largest absolute Gasteiger partial charge is 0.443 e. The van der Waals surface area contributed by atoms with Crippen LogP contribution in [0.1, 0.15) is 25.3 Å². The Morgan fingerprint density at radius 3 is 2.50 bits per heavy atom. The number of anilines is 1. The van der Waals surface area contributed by atoms with E-state index in [0.717, 1.165) is 38.5 Å². The summed E-state index contributed by atoms with van der Waals surface area (Å²) in [6.45, 7) is 9.10. The van der Waals surface area contributed by atoms with Gasteiger partial charge in [-0.3, -0.25) is 9.80 Å². The van der Waals surface area contributed by atoms with Crippen LogP contribution in [-0.2, 0) is 9.47 Å². The Bertz CT molecular complexity index is 509. The molecular formula is C17H24N2O3. The third-order valence-electron chi connectivity index (χ3n) is 4.31. The van der Waals surface area contributed by atoms with Crippen LogP contribution in [0.5, 0.6) is 0 Å². The highest BCUT2D eigenvalue weighted by molar-refractivity contribution is 5.89. The fourth-order valence-corrected chi connectivity index (χ4v) is 2.94. The second-order valence-corrected chi connectivity index (χ2v) is 6.28. The lowest BCUT2D eigenvalue weighted by Crippen LogP contribution is -2.42. The standard InChI is InChI=1S/C17H24N2O3/c1-13(2)14-3-5-15(6-4-14)19-12-16(22-17(19)20)11-18-7-9-21-10-8-18/h3-6,13,16H,7-12H2,1-2H3. The average molecular weight is 304 g/mol. The molecule has 5 heteroatoms. The number of amides is 1. The number of hydrogen-bond acceptors (Lipinski definition) is 4. The van der Waals surface area contributed by atoms with Crippen LogP contribution in [0.2, 0.25) is 0 Å². The number of nitrogens with zero attached hydrogens (tertiary/aromatic N) is 2. The Morgan fingerprint density at radius 1 is 1.18 bits per heavy atom. The fraction of sp³-hybridized carbons (Fsp3) is 0.588. The van der Waals surface area contributed by atoms with Gasteiger partial charge in [0.15, 0.2) is 0 Å². The first-order chi connectivity index (χ1) is 10.6. The fourth-order valence-electron chi connectivity index (χ4n) is 2.94.